The van der Waals surface area contributed by atoms with Gasteiger partial charge in [-0.15, -0.1) is 0 Å². The SMILES string of the molecule is Cc1cc(Br)c(NCC(O)c2ccc(Cl)cc2)cc1Cl. The van der Waals surface area contributed by atoms with E-state index in [1.807, 2.05) is 31.2 Å². The molecular weight excluding hydrogens is 361 g/mol. The second-order valence-electron chi connectivity index (χ2n) is 4.53. The Morgan fingerprint density at radius 1 is 1.20 bits per heavy atom. The first-order valence-corrected chi connectivity index (χ1v) is 7.65. The Kier molecular flexibility index (Phi) is 5.33. The average Bonchev–Trinajstić information content (AvgIpc) is 2.42. The van der Waals surface area contributed by atoms with Crippen molar-refractivity contribution in [3.63, 3.8) is 0 Å². The van der Waals surface area contributed by atoms with E-state index in [4.69, 9.17) is 23.2 Å². The zero-order chi connectivity index (χ0) is 14.7. The van der Waals surface area contributed by atoms with Gasteiger partial charge in [0.25, 0.3) is 0 Å². The Morgan fingerprint density at radius 3 is 2.50 bits per heavy atom. The maximum atomic E-state index is 10.1. The highest BCUT2D eigenvalue weighted by Crippen LogP contribution is 2.29. The van der Waals surface area contributed by atoms with Crippen molar-refractivity contribution >= 4 is 44.8 Å². The third kappa shape index (κ3) is 3.89. The van der Waals surface area contributed by atoms with Gasteiger partial charge < -0.3 is 10.4 Å². The minimum absolute atomic E-state index is 0.389. The van der Waals surface area contributed by atoms with E-state index in [0.29, 0.717) is 16.6 Å². The normalized spacial score (nSPS) is 12.2. The lowest BCUT2D eigenvalue weighted by molar-refractivity contribution is 0.191. The van der Waals surface area contributed by atoms with Crippen molar-refractivity contribution in [2.45, 2.75) is 13.0 Å². The van der Waals surface area contributed by atoms with Gasteiger partial charge in [0.15, 0.2) is 0 Å². The van der Waals surface area contributed by atoms with E-state index in [-0.39, 0.29) is 0 Å². The van der Waals surface area contributed by atoms with Crippen LogP contribution in [0.5, 0.6) is 0 Å². The molecule has 2 aromatic carbocycles. The van der Waals surface area contributed by atoms with Crippen LogP contribution in [-0.4, -0.2) is 11.7 Å². The van der Waals surface area contributed by atoms with Gasteiger partial charge in [0, 0.05) is 21.1 Å². The number of aliphatic hydroxyl groups excluding tert-OH is 1. The fourth-order valence-electron chi connectivity index (χ4n) is 1.79. The Balaban J connectivity index is 2.05. The third-order valence-electron chi connectivity index (χ3n) is 2.99. The van der Waals surface area contributed by atoms with Crippen LogP contribution in [0.15, 0.2) is 40.9 Å². The van der Waals surface area contributed by atoms with Crippen LogP contribution in [0.4, 0.5) is 5.69 Å². The number of hydrogen-bond donors (Lipinski definition) is 2. The van der Waals surface area contributed by atoms with Crippen molar-refractivity contribution in [1.29, 1.82) is 0 Å². The zero-order valence-electron chi connectivity index (χ0n) is 10.8. The Hall–Kier alpha value is -0.740. The second kappa shape index (κ2) is 6.81. The standard InChI is InChI=1S/C15H14BrCl2NO/c1-9-6-12(16)14(7-13(9)18)19-8-15(20)10-2-4-11(17)5-3-10/h2-7,15,19-20H,8H2,1H3. The van der Waals surface area contributed by atoms with Crippen molar-refractivity contribution in [3.8, 4) is 0 Å². The zero-order valence-corrected chi connectivity index (χ0v) is 13.9. The largest absolute Gasteiger partial charge is 0.387 e. The van der Waals surface area contributed by atoms with Crippen LogP contribution >= 0.6 is 39.1 Å². The topological polar surface area (TPSA) is 32.3 Å². The monoisotopic (exact) mass is 373 g/mol. The lowest BCUT2D eigenvalue weighted by atomic mass is 10.1. The first-order valence-electron chi connectivity index (χ1n) is 6.10. The first-order chi connectivity index (χ1) is 9.47. The molecule has 0 amide bonds. The molecule has 20 heavy (non-hydrogen) atoms. The van der Waals surface area contributed by atoms with Gasteiger partial charge in [0.2, 0.25) is 0 Å². The van der Waals surface area contributed by atoms with Gasteiger partial charge in [-0.05, 0) is 58.2 Å². The first kappa shape index (κ1) is 15.6. The third-order valence-corrected chi connectivity index (χ3v) is 4.30. The van der Waals surface area contributed by atoms with Gasteiger partial charge in [0.05, 0.1) is 11.8 Å². The van der Waals surface area contributed by atoms with Crippen molar-refractivity contribution in [3.05, 3.63) is 62.0 Å². The quantitative estimate of drug-likeness (QED) is 0.769. The molecule has 0 bridgehead atoms. The summed E-state index contributed by atoms with van der Waals surface area (Å²) >= 11 is 15.4. The highest BCUT2D eigenvalue weighted by molar-refractivity contribution is 9.10. The summed E-state index contributed by atoms with van der Waals surface area (Å²) in [6.07, 6.45) is -0.612. The smallest absolute Gasteiger partial charge is 0.0962 e. The lowest BCUT2D eigenvalue weighted by Gasteiger charge is -2.15. The minimum atomic E-state index is -0.612. The molecular formula is C15H14BrCl2NO. The molecule has 0 heterocycles. The van der Waals surface area contributed by atoms with Gasteiger partial charge in [-0.2, -0.15) is 0 Å². The van der Waals surface area contributed by atoms with Crippen LogP contribution in [-0.2, 0) is 0 Å². The van der Waals surface area contributed by atoms with Crippen LogP contribution in [0.25, 0.3) is 0 Å². The summed E-state index contributed by atoms with van der Waals surface area (Å²) in [4.78, 5) is 0. The van der Waals surface area contributed by atoms with Gasteiger partial charge in [-0.3, -0.25) is 0 Å². The van der Waals surface area contributed by atoms with E-state index >= 15 is 0 Å². The number of rotatable bonds is 4. The molecule has 0 radical (unpaired) electrons. The summed E-state index contributed by atoms with van der Waals surface area (Å²) in [6.45, 7) is 2.33. The molecule has 0 aliphatic rings. The van der Waals surface area contributed by atoms with Crippen LogP contribution in [0, 0.1) is 6.92 Å². The molecule has 2 N–H and O–H groups in total. The molecule has 2 aromatic rings. The highest BCUT2D eigenvalue weighted by atomic mass is 79.9. The van der Waals surface area contributed by atoms with Crippen LogP contribution in [0.2, 0.25) is 10.0 Å². The molecule has 0 aliphatic carbocycles. The predicted molar refractivity (Wildman–Crippen MR) is 88.8 cm³/mol. The molecule has 0 saturated heterocycles. The minimum Gasteiger partial charge on any atom is -0.387 e. The maximum Gasteiger partial charge on any atom is 0.0962 e. The number of nitrogens with one attached hydrogen (secondary N) is 1. The van der Waals surface area contributed by atoms with Gasteiger partial charge in [-0.1, -0.05) is 35.3 Å². The number of anilines is 1. The van der Waals surface area contributed by atoms with Crippen molar-refractivity contribution < 1.29 is 5.11 Å². The maximum absolute atomic E-state index is 10.1. The fourth-order valence-corrected chi connectivity index (χ4v) is 2.68. The molecule has 0 saturated carbocycles. The Labute approximate surface area is 136 Å². The van der Waals surface area contributed by atoms with Crippen molar-refractivity contribution in [2.24, 2.45) is 0 Å². The second-order valence-corrected chi connectivity index (χ2v) is 6.23. The van der Waals surface area contributed by atoms with Gasteiger partial charge >= 0.3 is 0 Å². The summed E-state index contributed by atoms with van der Waals surface area (Å²) in [5.74, 6) is 0. The van der Waals surface area contributed by atoms with Crippen molar-refractivity contribution in [2.75, 3.05) is 11.9 Å². The van der Waals surface area contributed by atoms with Crippen LogP contribution < -0.4 is 5.32 Å². The summed E-state index contributed by atoms with van der Waals surface area (Å²) in [7, 11) is 0. The molecule has 0 fully saturated rings. The van der Waals surface area contributed by atoms with Gasteiger partial charge in [0.1, 0.15) is 0 Å². The number of halogens is 3. The molecule has 5 heteroatoms. The summed E-state index contributed by atoms with van der Waals surface area (Å²) in [5, 5.41) is 14.7. The molecule has 1 unspecified atom stereocenters. The van der Waals surface area contributed by atoms with Gasteiger partial charge in [-0.25, -0.2) is 0 Å². The summed E-state index contributed by atoms with van der Waals surface area (Å²) in [5.41, 5.74) is 2.67. The summed E-state index contributed by atoms with van der Waals surface area (Å²) < 4.78 is 0.919. The molecule has 1 atom stereocenters. The molecule has 0 spiro atoms. The number of aliphatic hydroxyl groups is 1. The van der Waals surface area contributed by atoms with E-state index in [1.54, 1.807) is 12.1 Å². The molecule has 0 aliphatic heterocycles. The molecule has 106 valence electrons. The Morgan fingerprint density at radius 2 is 1.85 bits per heavy atom. The fraction of sp³-hybridized carbons (Fsp3) is 0.200. The molecule has 0 aromatic heterocycles. The number of hydrogen-bond acceptors (Lipinski definition) is 2. The predicted octanol–water partition coefficient (Wildman–Crippen LogP) is 5.21. The van der Waals surface area contributed by atoms with Crippen LogP contribution in [0.3, 0.4) is 0 Å². The number of aryl methyl sites for hydroxylation is 1. The average molecular weight is 375 g/mol. The van der Waals surface area contributed by atoms with E-state index in [0.717, 1.165) is 21.3 Å². The van der Waals surface area contributed by atoms with E-state index < -0.39 is 6.10 Å². The number of benzene rings is 2. The van der Waals surface area contributed by atoms with E-state index in [9.17, 15) is 5.11 Å². The lowest BCUT2D eigenvalue weighted by Crippen LogP contribution is -2.12. The summed E-state index contributed by atoms with van der Waals surface area (Å²) in [6, 6.07) is 10.9. The molecule has 2 rings (SSSR count). The van der Waals surface area contributed by atoms with Crippen LogP contribution in [0.1, 0.15) is 17.2 Å². The van der Waals surface area contributed by atoms with E-state index in [2.05, 4.69) is 21.2 Å². The van der Waals surface area contributed by atoms with Crippen molar-refractivity contribution in [1.82, 2.24) is 0 Å². The highest BCUT2D eigenvalue weighted by Gasteiger charge is 2.09. The molecule has 2 nitrogen and oxygen atoms in total. The van der Waals surface area contributed by atoms with E-state index in [1.165, 1.54) is 0 Å². The Bertz CT molecular complexity index is 602.